The number of ether oxygens (including phenoxy) is 12. The Morgan fingerprint density at radius 2 is 0.794 bits per heavy atom. The van der Waals surface area contributed by atoms with Crippen LogP contribution in [0.1, 0.15) is 47.0 Å². The van der Waals surface area contributed by atoms with Crippen LogP contribution >= 0.6 is 286 Å². The Morgan fingerprint density at radius 1 is 0.482 bits per heavy atom. The number of nitrogen functional groups attached to an aromatic ring is 1. The number of rotatable bonds is 19. The number of cyclic esters (lactones) is 1. The molecule has 0 saturated carbocycles. The standard InChI is InChI=1S/C19H18ClN3O5S.C15H18N2O5.C13H16N2O3.C12H14N2O4.C10H12N2O2.C5H4ClNOS.2C3H5ClO.2C2H5I.C2H6.CH3.2I3.I2.3HI.V/c20-16-6-5-15(29-16)18(25)21-9-14-10-23(19(26)28-14)13-3-1-12(2-4-13)22-7-8-27-11-17(22)24;1-20-15(19)17(8-13-9-22-13)12-4-2-11(3-5-12)16-6-7-21-10-14(16)18;16-13-9-17-6-5-15(13)11-3-1-10(2-4-11)14-7-12-8-18-12;1-17-12(16)13-9-2-4-10(5-3-9)14-6-7-18-8-11(14)15;11-8-1-3-9(4-2-8)12-5-6-14-7-10(12)13;6-4-2-1-3(9-4)5(7)8;2*4-1-3-2-5-3;2*1-2-3;1-2;;2*1-3-2;1-2;;;;/h1-6,14H,7-11H2,(H,21,25);2-5,13H,6-10H2,1H3;1-4,12,14H,5-9H2;2-5H,6-8H2,1H3,(H,13,16);1-4H,5-7,11H2;1-2H,(H2,7,8);2*3H,1-2H2;2*2H2,1H3;1-2H3;1H3;;;;3*1H;/q;;;;;;;;;;;3*-1;;;;;+3/p-3/t14-;13-;12-;;;;2*3-;;;;;;;;;;;/m011...00.........../s1. The van der Waals surface area contributed by atoms with Crippen molar-refractivity contribution in [1.29, 1.82) is 0 Å². The topological polar surface area (TPSA) is 405 Å². The molecule has 0 spiro atoms. The number of carbonyl (C=O) groups excluding carboxylic acids is 10. The Morgan fingerprint density at radius 3 is 1.08 bits per heavy atom. The van der Waals surface area contributed by atoms with E-state index in [1.54, 1.807) is 122 Å². The molecule has 141 heavy (non-hydrogen) atoms. The van der Waals surface area contributed by atoms with Crippen LogP contribution in [0.5, 0.6) is 0 Å². The number of amides is 10. The Hall–Kier alpha value is 0.0744. The first-order chi connectivity index (χ1) is 67.4. The van der Waals surface area contributed by atoms with Crippen molar-refractivity contribution >= 4 is 402 Å². The second-order valence-corrected chi connectivity index (χ2v) is 103. The molecule has 34 nitrogen and oxygen atoms in total. The summed E-state index contributed by atoms with van der Waals surface area (Å²) >= 11 is 51.1. The van der Waals surface area contributed by atoms with Crippen LogP contribution in [0.15, 0.2) is 146 Å². The predicted octanol–water partition coefficient (Wildman–Crippen LogP) is 15.3. The van der Waals surface area contributed by atoms with Gasteiger partial charge in [-0.3, -0.25) is 48.7 Å². The van der Waals surface area contributed by atoms with E-state index in [0.29, 0.717) is 183 Å². The average Bonchev–Trinajstić information content (AvgIpc) is 1.78. The number of nitrogens with one attached hydrogen (secondary N) is 3. The molecule has 5 aromatic carbocycles. The summed E-state index contributed by atoms with van der Waals surface area (Å²) in [5, 5.41) is 8.60. The first-order valence-electron chi connectivity index (χ1n) is 42.0. The zero-order chi connectivity index (χ0) is 104. The number of carbonyl (C=O) groups is 10. The van der Waals surface area contributed by atoms with Gasteiger partial charge in [-0.2, -0.15) is 0 Å². The zero-order valence-corrected chi connectivity index (χ0v) is 111. The van der Waals surface area contributed by atoms with Crippen molar-refractivity contribution in [3.63, 3.8) is 0 Å². The van der Waals surface area contributed by atoms with Gasteiger partial charge in [0.05, 0.1) is 148 Å². The van der Waals surface area contributed by atoms with Crippen molar-refractivity contribution in [1.82, 2.24) is 5.32 Å². The molecule has 10 aliphatic rings. The van der Waals surface area contributed by atoms with E-state index in [2.05, 4.69) is 251 Å². The molecule has 0 radical (unpaired) electrons. The number of nitrogens with zero attached hydrogens (tertiary/aromatic N) is 7. The Kier molecular flexibility index (Phi) is 80.4. The minimum absolute atomic E-state index is 0. The molecule has 17 rings (SSSR count). The average molecular weight is 3580 g/mol. The second-order valence-electron chi connectivity index (χ2n) is 27.6. The van der Waals surface area contributed by atoms with E-state index in [9.17, 15) is 47.9 Å². The first-order valence-corrected chi connectivity index (χ1v) is 93.5. The van der Waals surface area contributed by atoms with Crippen LogP contribution in [-0.2, 0) is 85.7 Å². The van der Waals surface area contributed by atoms with Gasteiger partial charge in [-0.25, -0.2) is 14.4 Å². The molecule has 2 aromatic heterocycles. The molecule has 7 aromatic rings. The third-order valence-electron chi connectivity index (χ3n) is 18.1. The number of thiophene rings is 2. The van der Waals surface area contributed by atoms with Gasteiger partial charge in [0.15, 0.2) is 0 Å². The van der Waals surface area contributed by atoms with Crippen molar-refractivity contribution in [2.45, 2.75) is 58.2 Å². The quantitative estimate of drug-likeness (QED) is 0.0125. The van der Waals surface area contributed by atoms with Crippen LogP contribution in [-0.4, -0.2) is 276 Å². The van der Waals surface area contributed by atoms with Gasteiger partial charge < -0.3 is 111 Å². The summed E-state index contributed by atoms with van der Waals surface area (Å²) in [5.74, 6) is 0.467. The number of methoxy groups -OCH3 is 2. The fourth-order valence-electron chi connectivity index (χ4n) is 11.4. The summed E-state index contributed by atoms with van der Waals surface area (Å²) in [5.41, 5.74) is 18.4. The van der Waals surface area contributed by atoms with E-state index >= 15 is 0 Å². The SMILES string of the molecule is CC.CCI.CCI.COC(=O)N(C[C@@H]1CO1)c1ccc(N2CCOCC2=O)cc1.COC(=O)Nc1ccc(N2CCOCC2=O)cc1.ClC[C@H]1CO1.ClC[C@H]1CO1.II.I[I-]I.I[I-]I.NC(=O)c1ccc(Cl)s1.Nc1ccc(N2CCOCC2=O)cc1.O=C(NC[C@H]1CN(c2ccc(N3CCOCC3=O)cc2)C(=O)O1)c1ccc(Cl)s1.O=C1COCCN1c1ccc(NC[C@@H]2CO2)cc1.[CH3-].[I][V]([I])[I]. The third kappa shape index (κ3) is 58.8. The van der Waals surface area contributed by atoms with Crippen LogP contribution < -0.4 is 88.2 Å². The fourth-order valence-corrected chi connectivity index (χ4v) is 13.6. The molecule has 54 heteroatoms. The Labute approximate surface area is 1000 Å². The summed E-state index contributed by atoms with van der Waals surface area (Å²) < 4.78 is 63.4. The number of primary amides is 1. The molecule has 10 amide bonds. The molecule has 10 saturated heterocycles. The molecule has 10 aliphatic heterocycles. The molecule has 12 heterocycles. The summed E-state index contributed by atoms with van der Waals surface area (Å²) in [6, 6.07) is 43.1. The van der Waals surface area contributed by atoms with E-state index < -0.39 is 30.3 Å². The van der Waals surface area contributed by atoms with E-state index in [-0.39, 0.29) is 93.5 Å². The molecule has 0 bridgehead atoms. The Balaban J connectivity index is 0.000000548. The fraction of sp³-hybridized carbons (Fsp3) is 0.437. The van der Waals surface area contributed by atoms with Gasteiger partial charge in [-0.1, -0.05) is 96.1 Å². The summed E-state index contributed by atoms with van der Waals surface area (Å²) in [4.78, 5) is 128. The number of benzene rings is 5. The molecular formula is C87H111Cl4I13N12O22S2V-3. The van der Waals surface area contributed by atoms with Crippen molar-refractivity contribution in [2.75, 3.05) is 237 Å². The number of hydrogen-bond acceptors (Lipinski definition) is 26. The number of anilines is 10. The van der Waals surface area contributed by atoms with E-state index in [0.717, 1.165) is 60.5 Å². The van der Waals surface area contributed by atoms with E-state index in [1.807, 2.05) is 62.4 Å². The predicted molar refractivity (Wildman–Crippen MR) is 647 cm³/mol. The number of hydrogen-bond donors (Lipinski definition) is 5. The normalized spacial score (nSPS) is 17.8. The number of nitrogens with two attached hydrogens (primary N) is 2. The number of epoxide rings is 4. The number of alkyl halides is 4. The van der Waals surface area contributed by atoms with Gasteiger partial charge in [-0.05, 0) is 154 Å². The number of halogens is 17. The third-order valence-corrected chi connectivity index (χ3v) is 21.3. The molecule has 10 fully saturated rings. The van der Waals surface area contributed by atoms with Crippen LogP contribution in [0.3, 0.4) is 0 Å². The molecular weight excluding hydrogens is 3470 g/mol. The summed E-state index contributed by atoms with van der Waals surface area (Å²) in [7, 11) is 2.65. The first kappa shape index (κ1) is 137. The van der Waals surface area contributed by atoms with Crippen molar-refractivity contribution in [2.24, 2.45) is 5.73 Å². The van der Waals surface area contributed by atoms with Crippen LogP contribution in [0, 0.1) is 7.43 Å². The van der Waals surface area contributed by atoms with Crippen molar-refractivity contribution in [3.8, 4) is 0 Å². The van der Waals surface area contributed by atoms with Crippen LogP contribution in [0.4, 0.5) is 71.3 Å². The number of morpholine rings is 5. The molecule has 5 atom stereocenters. The molecule has 0 aliphatic carbocycles. The monoisotopic (exact) mass is 3580 g/mol. The maximum atomic E-state index is 12.2. The zero-order valence-electron chi connectivity index (χ0n) is 77.3. The maximum absolute atomic E-state index is 12.2. The van der Waals surface area contributed by atoms with E-state index in [1.165, 1.54) is 55.5 Å². The molecule has 0 unspecified atom stereocenters. The minimum atomic E-state index is -0.523. The van der Waals surface area contributed by atoms with Crippen molar-refractivity contribution < 1.29 is 136 Å². The van der Waals surface area contributed by atoms with Crippen LogP contribution in [0.2, 0.25) is 8.67 Å². The molecule has 790 valence electrons. The van der Waals surface area contributed by atoms with Gasteiger partial charge in [0, 0.05) is 133 Å². The van der Waals surface area contributed by atoms with Gasteiger partial charge in [-0.15, -0.1) is 45.9 Å². The van der Waals surface area contributed by atoms with Gasteiger partial charge >= 0.3 is 184 Å². The second kappa shape index (κ2) is 82.6. The molecule has 7 N–H and O–H groups in total. The van der Waals surface area contributed by atoms with Gasteiger partial charge in [0.25, 0.3) is 41.4 Å². The van der Waals surface area contributed by atoms with Gasteiger partial charge in [0.1, 0.15) is 39.1 Å². The van der Waals surface area contributed by atoms with Crippen LogP contribution in [0.25, 0.3) is 0 Å². The van der Waals surface area contributed by atoms with Gasteiger partial charge in [0.2, 0.25) is 0 Å². The van der Waals surface area contributed by atoms with Crippen molar-refractivity contribution in [3.05, 3.63) is 171 Å². The summed E-state index contributed by atoms with van der Waals surface area (Å²) in [6.45, 7) is 19.5. The summed E-state index contributed by atoms with van der Waals surface area (Å²) in [6.07, 6.45) is -0.643. The van der Waals surface area contributed by atoms with E-state index in [4.69, 9.17) is 110 Å². The Bertz CT molecular complexity index is 4720.